The zero-order chi connectivity index (χ0) is 20.9. The van der Waals surface area contributed by atoms with Gasteiger partial charge in [0.05, 0.1) is 27.9 Å². The fourth-order valence-corrected chi connectivity index (χ4v) is 4.01. The maximum absolute atomic E-state index is 12.5. The lowest BCUT2D eigenvalue weighted by Crippen LogP contribution is -2.16. The van der Waals surface area contributed by atoms with Gasteiger partial charge < -0.3 is 5.32 Å². The van der Waals surface area contributed by atoms with Gasteiger partial charge in [-0.2, -0.15) is 0 Å². The first-order valence-corrected chi connectivity index (χ1v) is 10.9. The molecule has 3 aromatic rings. The van der Waals surface area contributed by atoms with Crippen molar-refractivity contribution in [3.63, 3.8) is 0 Å². The number of para-hydroxylation sites is 2. The number of carbonyl (C=O) groups excluding carboxylic acids is 1. The van der Waals surface area contributed by atoms with Crippen molar-refractivity contribution >= 4 is 57.1 Å². The van der Waals surface area contributed by atoms with Gasteiger partial charge in [-0.3, -0.25) is 9.79 Å². The lowest BCUT2D eigenvalue weighted by Gasteiger charge is -2.09. The van der Waals surface area contributed by atoms with Gasteiger partial charge in [0.25, 0.3) is 0 Å². The van der Waals surface area contributed by atoms with E-state index in [1.165, 1.54) is 11.8 Å². The average Bonchev–Trinajstić information content (AvgIpc) is 2.92. The topological polar surface area (TPSA) is 53.8 Å². The van der Waals surface area contributed by atoms with Crippen LogP contribution in [0.25, 0.3) is 0 Å². The summed E-state index contributed by atoms with van der Waals surface area (Å²) < 4.78 is 0. The van der Waals surface area contributed by atoms with Crippen LogP contribution in [0.3, 0.4) is 0 Å². The van der Waals surface area contributed by atoms with Crippen LogP contribution in [0.15, 0.2) is 82.8 Å². The molecule has 0 unspecified atom stereocenters. The van der Waals surface area contributed by atoms with Crippen LogP contribution < -0.4 is 5.32 Å². The molecular formula is C24H20ClN3OS. The Kier molecular flexibility index (Phi) is 6.31. The molecule has 1 aliphatic heterocycles. The van der Waals surface area contributed by atoms with Crippen molar-refractivity contribution in [1.29, 1.82) is 0 Å². The molecule has 3 aromatic carbocycles. The minimum Gasteiger partial charge on any atom is -0.325 e. The van der Waals surface area contributed by atoms with Crippen molar-refractivity contribution in [1.82, 2.24) is 0 Å². The van der Waals surface area contributed by atoms with E-state index in [2.05, 4.69) is 5.32 Å². The lowest BCUT2D eigenvalue weighted by molar-refractivity contribution is -0.113. The highest BCUT2D eigenvalue weighted by Crippen LogP contribution is 2.33. The van der Waals surface area contributed by atoms with E-state index < -0.39 is 0 Å². The molecule has 0 saturated carbocycles. The number of amides is 1. The fraction of sp³-hybridized carbons (Fsp3) is 0.125. The highest BCUT2D eigenvalue weighted by Gasteiger charge is 2.16. The third kappa shape index (κ3) is 5.17. The normalized spacial score (nSPS) is 13.0. The maximum atomic E-state index is 12.5. The van der Waals surface area contributed by atoms with Crippen molar-refractivity contribution < 1.29 is 4.79 Å². The van der Waals surface area contributed by atoms with E-state index >= 15 is 0 Å². The largest absolute Gasteiger partial charge is 0.325 e. The molecule has 0 bridgehead atoms. The summed E-state index contributed by atoms with van der Waals surface area (Å²) in [5.74, 6) is 0.221. The third-order valence-electron chi connectivity index (χ3n) is 4.55. The van der Waals surface area contributed by atoms with Crippen molar-refractivity contribution in [3.8, 4) is 0 Å². The minimum absolute atomic E-state index is 0.0594. The second-order valence-corrected chi connectivity index (χ2v) is 8.43. The van der Waals surface area contributed by atoms with E-state index in [1.807, 2.05) is 79.7 Å². The standard InChI is InChI=1S/C24H20ClN3OS/c1-16-5-4-6-19(13-16)26-23(29)15-30-24-14-22(17-9-11-18(25)12-10-17)27-20-7-2-3-8-21(20)28-24/h2-13H,14-15H2,1H3,(H,26,29). The molecule has 1 amide bonds. The predicted octanol–water partition coefficient (Wildman–Crippen LogP) is 6.57. The first kappa shape index (κ1) is 20.4. The summed E-state index contributed by atoms with van der Waals surface area (Å²) in [5.41, 5.74) is 5.44. The number of nitrogens with zero attached hydrogens (tertiary/aromatic N) is 2. The second kappa shape index (κ2) is 9.28. The smallest absolute Gasteiger partial charge is 0.234 e. The Morgan fingerprint density at radius 3 is 2.47 bits per heavy atom. The van der Waals surface area contributed by atoms with Gasteiger partial charge in [0.15, 0.2) is 0 Å². The van der Waals surface area contributed by atoms with E-state index in [0.717, 1.165) is 38.9 Å². The number of benzene rings is 3. The number of carbonyl (C=O) groups is 1. The molecule has 0 aliphatic carbocycles. The minimum atomic E-state index is -0.0594. The van der Waals surface area contributed by atoms with Gasteiger partial charge in [0.1, 0.15) is 0 Å². The number of halogens is 1. The van der Waals surface area contributed by atoms with Gasteiger partial charge in [0.2, 0.25) is 5.91 Å². The van der Waals surface area contributed by atoms with Crippen molar-refractivity contribution in [3.05, 3.63) is 88.9 Å². The van der Waals surface area contributed by atoms with Crippen LogP contribution >= 0.6 is 23.4 Å². The lowest BCUT2D eigenvalue weighted by atomic mass is 10.1. The SMILES string of the molecule is Cc1cccc(NC(=O)CSC2=Nc3ccccc3N=C(c3ccc(Cl)cc3)C2)c1. The number of rotatable bonds is 4. The first-order chi connectivity index (χ1) is 14.6. The van der Waals surface area contributed by atoms with Crippen LogP contribution in [0, 0.1) is 6.92 Å². The van der Waals surface area contributed by atoms with Crippen molar-refractivity contribution in [2.45, 2.75) is 13.3 Å². The van der Waals surface area contributed by atoms with Crippen LogP contribution in [-0.4, -0.2) is 22.4 Å². The Labute approximate surface area is 185 Å². The molecule has 0 atom stereocenters. The average molecular weight is 434 g/mol. The quantitative estimate of drug-likeness (QED) is 0.505. The fourth-order valence-electron chi connectivity index (χ4n) is 3.12. The molecule has 6 heteroatoms. The molecule has 1 N–H and O–H groups in total. The summed E-state index contributed by atoms with van der Waals surface area (Å²) in [6.07, 6.45) is 0.554. The summed E-state index contributed by atoms with van der Waals surface area (Å²) in [6, 6.07) is 23.2. The second-order valence-electron chi connectivity index (χ2n) is 6.94. The van der Waals surface area contributed by atoms with E-state index in [-0.39, 0.29) is 11.7 Å². The highest BCUT2D eigenvalue weighted by molar-refractivity contribution is 8.14. The predicted molar refractivity (Wildman–Crippen MR) is 128 cm³/mol. The van der Waals surface area contributed by atoms with Crippen LogP contribution in [0.4, 0.5) is 17.1 Å². The number of nitrogens with one attached hydrogen (secondary N) is 1. The number of aliphatic imine (C=N–C) groups is 2. The Morgan fingerprint density at radius 2 is 1.73 bits per heavy atom. The summed E-state index contributed by atoms with van der Waals surface area (Å²) >= 11 is 7.48. The van der Waals surface area contributed by atoms with E-state index in [0.29, 0.717) is 11.4 Å². The molecule has 0 radical (unpaired) electrons. The molecule has 0 fully saturated rings. The molecule has 4 nitrogen and oxygen atoms in total. The Bertz CT molecular complexity index is 1140. The first-order valence-electron chi connectivity index (χ1n) is 9.56. The molecule has 1 heterocycles. The van der Waals surface area contributed by atoms with Crippen LogP contribution in [0.5, 0.6) is 0 Å². The van der Waals surface area contributed by atoms with Gasteiger partial charge >= 0.3 is 0 Å². The van der Waals surface area contributed by atoms with E-state index in [1.54, 1.807) is 0 Å². The summed E-state index contributed by atoms with van der Waals surface area (Å²) in [6.45, 7) is 2.00. The molecule has 30 heavy (non-hydrogen) atoms. The van der Waals surface area contributed by atoms with Gasteiger partial charge in [-0.15, -0.1) is 11.8 Å². The molecular weight excluding hydrogens is 414 g/mol. The Hall–Kier alpha value is -2.89. The zero-order valence-electron chi connectivity index (χ0n) is 16.4. The number of aryl methyl sites for hydroxylation is 1. The number of anilines is 1. The van der Waals surface area contributed by atoms with Gasteiger partial charge in [-0.1, -0.05) is 48.0 Å². The summed E-state index contributed by atoms with van der Waals surface area (Å²) in [7, 11) is 0. The molecule has 0 saturated heterocycles. The van der Waals surface area contributed by atoms with Gasteiger partial charge in [-0.25, -0.2) is 4.99 Å². The number of thioether (sulfide) groups is 1. The monoisotopic (exact) mass is 433 g/mol. The number of hydrogen-bond donors (Lipinski definition) is 1. The zero-order valence-corrected chi connectivity index (χ0v) is 18.0. The van der Waals surface area contributed by atoms with E-state index in [9.17, 15) is 4.79 Å². The molecule has 4 rings (SSSR count). The molecule has 0 spiro atoms. The van der Waals surface area contributed by atoms with Crippen molar-refractivity contribution in [2.24, 2.45) is 9.98 Å². The Balaban J connectivity index is 1.52. The number of fused-ring (bicyclic) bond motifs is 1. The summed E-state index contributed by atoms with van der Waals surface area (Å²) in [4.78, 5) is 22.1. The number of hydrogen-bond acceptors (Lipinski definition) is 4. The van der Waals surface area contributed by atoms with E-state index in [4.69, 9.17) is 21.6 Å². The highest BCUT2D eigenvalue weighted by atomic mass is 35.5. The molecule has 150 valence electrons. The molecule has 0 aromatic heterocycles. The van der Waals surface area contributed by atoms with Crippen LogP contribution in [-0.2, 0) is 4.79 Å². The van der Waals surface area contributed by atoms with Gasteiger partial charge in [0, 0.05) is 17.1 Å². The van der Waals surface area contributed by atoms with Crippen LogP contribution in [0.2, 0.25) is 5.02 Å². The summed E-state index contributed by atoms with van der Waals surface area (Å²) in [5, 5.41) is 4.49. The maximum Gasteiger partial charge on any atom is 0.234 e. The van der Waals surface area contributed by atoms with Crippen LogP contribution in [0.1, 0.15) is 17.5 Å². The Morgan fingerprint density at radius 1 is 1.00 bits per heavy atom. The molecule has 1 aliphatic rings. The van der Waals surface area contributed by atoms with Crippen molar-refractivity contribution in [2.75, 3.05) is 11.1 Å². The third-order valence-corrected chi connectivity index (χ3v) is 5.78. The van der Waals surface area contributed by atoms with Gasteiger partial charge in [-0.05, 0) is 54.4 Å².